The van der Waals surface area contributed by atoms with Crippen LogP contribution in [0.25, 0.3) is 10.9 Å². The molecule has 1 aromatic heterocycles. The fraction of sp³-hybridized carbons (Fsp3) is 0.297. The quantitative estimate of drug-likeness (QED) is 0.0919. The number of fused-ring (bicyclic) bond motifs is 3. The molecule has 47 heavy (non-hydrogen) atoms. The minimum atomic E-state index is -4.03. The van der Waals surface area contributed by atoms with Crippen LogP contribution in [0.1, 0.15) is 33.7 Å². The maximum absolute atomic E-state index is 14.4. The minimum absolute atomic E-state index is 0.0598. The normalized spacial score (nSPS) is 14.5. The van der Waals surface area contributed by atoms with E-state index in [1.165, 1.54) is 3.97 Å². The third-order valence-corrected chi connectivity index (χ3v) is 9.97. The first kappa shape index (κ1) is 32.7. The number of methoxy groups -OCH3 is 2. The predicted octanol–water partition coefficient (Wildman–Crippen LogP) is 6.61. The topological polar surface area (TPSA) is 88.5 Å². The maximum atomic E-state index is 14.4. The first-order valence-corrected chi connectivity index (χ1v) is 17.0. The zero-order chi connectivity index (χ0) is 32.8. The number of ether oxygens (including phenoxy) is 5. The number of hydrogen-bond donors (Lipinski definition) is 0. The molecule has 0 saturated heterocycles. The predicted molar refractivity (Wildman–Crippen MR) is 181 cm³/mol. The Balaban J connectivity index is 1.58. The van der Waals surface area contributed by atoms with Gasteiger partial charge in [-0.25, -0.2) is 12.4 Å². The van der Waals surface area contributed by atoms with Gasteiger partial charge in [0.2, 0.25) is 0 Å². The van der Waals surface area contributed by atoms with Crippen molar-refractivity contribution < 1.29 is 32.1 Å². The van der Waals surface area contributed by atoms with Gasteiger partial charge in [0, 0.05) is 62.1 Å². The lowest BCUT2D eigenvalue weighted by molar-refractivity contribution is -0.0388. The van der Waals surface area contributed by atoms with Gasteiger partial charge in [-0.1, -0.05) is 78.4 Å². The van der Waals surface area contributed by atoms with E-state index >= 15 is 0 Å². The Labute approximate surface area is 276 Å². The van der Waals surface area contributed by atoms with Crippen LogP contribution in [-0.4, -0.2) is 53.3 Å². The van der Waals surface area contributed by atoms with Crippen LogP contribution in [0, 0.1) is 6.92 Å². The number of aryl methyl sites for hydroxylation is 1. The van der Waals surface area contributed by atoms with Crippen molar-refractivity contribution >= 4 is 26.6 Å². The van der Waals surface area contributed by atoms with E-state index in [1.54, 1.807) is 44.7 Å². The van der Waals surface area contributed by atoms with E-state index in [-0.39, 0.29) is 37.6 Å². The zero-order valence-corrected chi connectivity index (χ0v) is 27.7. The highest BCUT2D eigenvalue weighted by atomic mass is 32.2. The first-order chi connectivity index (χ1) is 22.9. The van der Waals surface area contributed by atoms with Gasteiger partial charge >= 0.3 is 0 Å². The molecule has 2 heterocycles. The van der Waals surface area contributed by atoms with Crippen LogP contribution < -0.4 is 9.64 Å². The average Bonchev–Trinajstić information content (AvgIpc) is 3.64. The van der Waals surface area contributed by atoms with E-state index in [1.807, 2.05) is 61.5 Å². The summed E-state index contributed by atoms with van der Waals surface area (Å²) < 4.78 is 59.0. The molecule has 0 saturated carbocycles. The molecule has 1 atom stereocenters. The maximum Gasteiger partial charge on any atom is 0.268 e. The molecule has 10 heteroatoms. The van der Waals surface area contributed by atoms with E-state index in [4.69, 9.17) is 23.7 Å². The van der Waals surface area contributed by atoms with E-state index in [9.17, 15) is 8.42 Å². The fourth-order valence-corrected chi connectivity index (χ4v) is 7.56. The molecule has 246 valence electrons. The Morgan fingerprint density at radius 2 is 1.47 bits per heavy atom. The molecule has 0 amide bonds. The largest absolute Gasteiger partial charge is 0.487 e. The van der Waals surface area contributed by atoms with Crippen molar-refractivity contribution in [3.63, 3.8) is 0 Å². The van der Waals surface area contributed by atoms with Gasteiger partial charge in [-0.15, -0.1) is 0 Å². The third kappa shape index (κ3) is 7.07. The molecule has 1 aliphatic rings. The number of nitrogens with zero attached hydrogens (tertiary/aromatic N) is 2. The van der Waals surface area contributed by atoms with E-state index < -0.39 is 10.0 Å². The lowest BCUT2D eigenvalue weighted by Crippen LogP contribution is -2.23. The summed E-state index contributed by atoms with van der Waals surface area (Å²) in [6.07, 6.45) is 1.66. The molecular weight excluding hydrogens is 616 g/mol. The number of rotatable bonds is 15. The average molecular weight is 657 g/mol. The molecule has 0 radical (unpaired) electrons. The summed E-state index contributed by atoms with van der Waals surface area (Å²) in [5, 5.41) is 0.777. The molecule has 4 aromatic carbocycles. The Morgan fingerprint density at radius 3 is 2.15 bits per heavy atom. The van der Waals surface area contributed by atoms with Gasteiger partial charge < -0.3 is 28.6 Å². The van der Waals surface area contributed by atoms with Gasteiger partial charge in [-0.05, 0) is 35.7 Å². The second-order valence-corrected chi connectivity index (χ2v) is 13.5. The zero-order valence-electron chi connectivity index (χ0n) is 26.9. The van der Waals surface area contributed by atoms with Crippen LogP contribution in [0.4, 0.5) is 5.69 Å². The third-order valence-electron chi connectivity index (χ3n) is 8.30. The molecule has 1 unspecified atom stereocenters. The molecule has 0 spiro atoms. The van der Waals surface area contributed by atoms with Crippen molar-refractivity contribution in [1.29, 1.82) is 0 Å². The smallest absolute Gasteiger partial charge is 0.268 e. The van der Waals surface area contributed by atoms with Gasteiger partial charge in [0.1, 0.15) is 31.5 Å². The summed E-state index contributed by atoms with van der Waals surface area (Å²) in [6, 6.07) is 29.0. The summed E-state index contributed by atoms with van der Waals surface area (Å²) in [5.74, 6) is 0.390. The number of anilines is 1. The highest BCUT2D eigenvalue weighted by Crippen LogP contribution is 2.48. The van der Waals surface area contributed by atoms with Crippen LogP contribution in [0.3, 0.4) is 0 Å². The van der Waals surface area contributed by atoms with E-state index in [0.717, 1.165) is 33.3 Å². The summed E-state index contributed by atoms with van der Waals surface area (Å²) in [7, 11) is -0.875. The second-order valence-electron chi connectivity index (χ2n) is 11.7. The van der Waals surface area contributed by atoms with Crippen molar-refractivity contribution in [3.8, 4) is 5.75 Å². The Kier molecular flexibility index (Phi) is 10.2. The second kappa shape index (κ2) is 14.7. The molecule has 0 fully saturated rings. The molecule has 1 aliphatic heterocycles. The van der Waals surface area contributed by atoms with Crippen LogP contribution in [-0.2, 0) is 48.7 Å². The lowest BCUT2D eigenvalue weighted by Gasteiger charge is -2.21. The van der Waals surface area contributed by atoms with Gasteiger partial charge in [0.05, 0.1) is 18.1 Å². The fourth-order valence-electron chi connectivity index (χ4n) is 6.16. The van der Waals surface area contributed by atoms with Crippen molar-refractivity contribution in [2.75, 3.05) is 45.9 Å². The number of hydrogen-bond acceptors (Lipinski definition) is 8. The first-order valence-electron chi connectivity index (χ1n) is 15.5. The monoisotopic (exact) mass is 656 g/mol. The molecule has 0 aliphatic carbocycles. The Morgan fingerprint density at radius 1 is 0.809 bits per heavy atom. The van der Waals surface area contributed by atoms with Gasteiger partial charge in [0.25, 0.3) is 10.0 Å². The lowest BCUT2D eigenvalue weighted by atomic mass is 9.95. The SMILES string of the molecule is COCOCc1cn(S(=O)(=O)c2ccc(C)cc2)c2c(OCc3ccccc3)cc3c(c12)C(COCOC)CN3Cc1ccccc1. The summed E-state index contributed by atoms with van der Waals surface area (Å²) in [4.78, 5) is 2.50. The van der Waals surface area contributed by atoms with Gasteiger partial charge in [-0.3, -0.25) is 0 Å². The van der Waals surface area contributed by atoms with Crippen LogP contribution >= 0.6 is 0 Å². The van der Waals surface area contributed by atoms with E-state index in [0.29, 0.717) is 36.5 Å². The standard InChI is InChI=1S/C37H40N2O7S/c1-27-14-16-32(17-15-27)47(40,41)39-21-31(24-45-26-43-3)36-35-30(23-44-25-42-2)20-38(19-28-10-6-4-7-11-28)33(35)18-34(37(36)39)46-22-29-12-8-5-9-13-29/h4-18,21,30H,19-20,22-26H2,1-3H3. The summed E-state index contributed by atoms with van der Waals surface area (Å²) in [6.45, 7) is 4.26. The highest BCUT2D eigenvalue weighted by molar-refractivity contribution is 7.90. The van der Waals surface area contributed by atoms with Crippen LogP contribution in [0.5, 0.6) is 5.75 Å². The molecule has 9 nitrogen and oxygen atoms in total. The summed E-state index contributed by atoms with van der Waals surface area (Å²) in [5.41, 5.74) is 6.24. The van der Waals surface area contributed by atoms with Crippen LogP contribution in [0.15, 0.2) is 102 Å². The minimum Gasteiger partial charge on any atom is -0.487 e. The molecule has 6 rings (SSSR count). The number of aromatic nitrogens is 1. The molecule has 5 aromatic rings. The molecule has 0 N–H and O–H groups in total. The number of benzene rings is 4. The van der Waals surface area contributed by atoms with Crippen molar-refractivity contribution in [1.82, 2.24) is 3.97 Å². The molecular formula is C37H40N2O7S. The highest BCUT2D eigenvalue weighted by Gasteiger charge is 2.36. The van der Waals surface area contributed by atoms with Crippen molar-refractivity contribution in [3.05, 3.63) is 125 Å². The Bertz CT molecular complexity index is 1890. The van der Waals surface area contributed by atoms with Gasteiger partial charge in [-0.2, -0.15) is 0 Å². The van der Waals surface area contributed by atoms with Crippen LogP contribution in [0.2, 0.25) is 0 Å². The van der Waals surface area contributed by atoms with Crippen molar-refractivity contribution in [2.45, 2.75) is 37.5 Å². The Hall–Kier alpha value is -4.19. The van der Waals surface area contributed by atoms with Crippen molar-refractivity contribution in [2.24, 2.45) is 0 Å². The van der Waals surface area contributed by atoms with Gasteiger partial charge in [0.15, 0.2) is 0 Å². The summed E-state index contributed by atoms with van der Waals surface area (Å²) >= 11 is 0. The molecule has 0 bridgehead atoms. The van der Waals surface area contributed by atoms with E-state index in [2.05, 4.69) is 17.0 Å².